The van der Waals surface area contributed by atoms with Gasteiger partial charge in [0.05, 0.1) is 59.2 Å². The summed E-state index contributed by atoms with van der Waals surface area (Å²) >= 11 is 0. The molecule has 1 saturated heterocycles. The Kier molecular flexibility index (Phi) is 69.9. The predicted molar refractivity (Wildman–Crippen MR) is 350 cm³/mol. The number of carbonyl (C=O) groups excluding carboxylic acids is 7. The summed E-state index contributed by atoms with van der Waals surface area (Å²) in [6, 6.07) is 0.115. The number of amides is 1. The van der Waals surface area contributed by atoms with Gasteiger partial charge < -0.3 is 33.3 Å². The lowest BCUT2D eigenvalue weighted by atomic mass is 9.82. The minimum absolute atomic E-state index is 0.0251. The molecule has 1 aliphatic heterocycles. The van der Waals surface area contributed by atoms with Crippen molar-refractivity contribution in [3.05, 3.63) is 0 Å². The van der Waals surface area contributed by atoms with Crippen LogP contribution < -0.4 is 0 Å². The first kappa shape index (κ1) is 87.7. The fraction of sp³-hybridized carbons (Fsp3) is 0.900. The molecule has 0 bridgehead atoms. The van der Waals surface area contributed by atoms with Crippen molar-refractivity contribution >= 4 is 41.7 Å². The minimum Gasteiger partial charge on any atom is -0.466 e. The number of rotatable bonds is 45. The second-order valence-corrected chi connectivity index (χ2v) is 22.8. The fourth-order valence-electron chi connectivity index (χ4n) is 8.68. The van der Waals surface area contributed by atoms with Crippen molar-refractivity contribution in [3.8, 4) is 0 Å². The molecular formula is C70H136N2O13. The standard InChI is InChI=1S/C26H47NO5.C14H28O2.C13H23NO4.C11H22O2.C4H10.C2H6/c1-3-5-7-9-11-13-18-31-25(29)21-27(20-24(28)23-16-15-17-23)22-26(30)32-19-14-12-10-8-6-4-2;1-4-6-7-8-9-10-11-16-14(15)12-13(3)5-2;1-4-7-17-13(16)14-9-11(8-10(14)5-2)18-12(15)6-3;1-3-5-6-7-8-9-10-13-11(12)4-2;1-3-4-2;1-2/h23H,3-22H2,1-2H3;13H,4-12H2,1-3H3;10-11H,4-9H2,1-3H3;3-10H2,1-2H3;3-4H2,1-2H3;1-2H3. The molecule has 2 fully saturated rings. The monoisotopic (exact) mass is 1210 g/mol. The van der Waals surface area contributed by atoms with Gasteiger partial charge in [0, 0.05) is 37.6 Å². The van der Waals surface area contributed by atoms with Crippen molar-refractivity contribution < 1.29 is 62.0 Å². The molecule has 2 aliphatic rings. The van der Waals surface area contributed by atoms with Gasteiger partial charge in [-0.25, -0.2) is 4.79 Å². The highest BCUT2D eigenvalue weighted by Crippen LogP contribution is 2.27. The lowest BCUT2D eigenvalue weighted by Gasteiger charge is -2.27. The molecule has 15 heteroatoms. The van der Waals surface area contributed by atoms with Gasteiger partial charge in [0.2, 0.25) is 0 Å². The highest BCUT2D eigenvalue weighted by atomic mass is 16.6. The summed E-state index contributed by atoms with van der Waals surface area (Å²) < 4.78 is 31.3. The highest BCUT2D eigenvalue weighted by Gasteiger charge is 2.37. The summed E-state index contributed by atoms with van der Waals surface area (Å²) in [5.41, 5.74) is 0. The fourth-order valence-corrected chi connectivity index (χ4v) is 8.68. The first-order valence-corrected chi connectivity index (χ1v) is 35.1. The Bertz CT molecular complexity index is 1510. The molecule has 15 nitrogen and oxygen atoms in total. The van der Waals surface area contributed by atoms with Crippen molar-refractivity contribution in [2.75, 3.05) is 59.2 Å². The zero-order valence-corrected chi connectivity index (χ0v) is 57.8. The molecule has 0 aromatic rings. The minimum atomic E-state index is -0.372. The van der Waals surface area contributed by atoms with E-state index < -0.39 is 0 Å². The summed E-state index contributed by atoms with van der Waals surface area (Å²) in [4.78, 5) is 85.4. The lowest BCUT2D eigenvalue weighted by Crippen LogP contribution is -2.42. The third-order valence-corrected chi connectivity index (χ3v) is 14.8. The maximum atomic E-state index is 12.4. The number of ketones is 1. The van der Waals surface area contributed by atoms with Crippen LogP contribution in [0.1, 0.15) is 328 Å². The molecule has 2 rings (SSSR count). The molecule has 85 heavy (non-hydrogen) atoms. The predicted octanol–water partition coefficient (Wildman–Crippen LogP) is 18.3. The number of esters is 5. The van der Waals surface area contributed by atoms with Gasteiger partial charge in [0.1, 0.15) is 11.9 Å². The van der Waals surface area contributed by atoms with Crippen LogP contribution in [0.25, 0.3) is 0 Å². The van der Waals surface area contributed by atoms with Gasteiger partial charge in [0.15, 0.2) is 0 Å². The first-order chi connectivity index (χ1) is 41.1. The maximum absolute atomic E-state index is 12.4. The summed E-state index contributed by atoms with van der Waals surface area (Å²) in [5.74, 6) is -0.404. The molecule has 504 valence electrons. The van der Waals surface area contributed by atoms with E-state index in [-0.39, 0.29) is 79.4 Å². The van der Waals surface area contributed by atoms with E-state index in [2.05, 4.69) is 55.4 Å². The van der Waals surface area contributed by atoms with Crippen LogP contribution in [0.2, 0.25) is 0 Å². The smallest absolute Gasteiger partial charge is 0.410 e. The van der Waals surface area contributed by atoms with Gasteiger partial charge in [-0.3, -0.25) is 33.7 Å². The van der Waals surface area contributed by atoms with E-state index in [1.807, 2.05) is 34.6 Å². The number of likely N-dealkylation sites (tertiary alicyclic amines) is 1. The highest BCUT2D eigenvalue weighted by molar-refractivity contribution is 5.85. The van der Waals surface area contributed by atoms with E-state index in [9.17, 15) is 33.6 Å². The number of Topliss-reactive ketones (excluding diaryl/α,β-unsaturated/α-hetero) is 1. The van der Waals surface area contributed by atoms with E-state index in [0.717, 1.165) is 89.9 Å². The Morgan fingerprint density at radius 3 is 1.16 bits per heavy atom. The number of nitrogens with zero attached hydrogens (tertiary/aromatic N) is 2. The molecule has 1 aliphatic carbocycles. The number of hydrogen-bond donors (Lipinski definition) is 0. The third kappa shape index (κ3) is 59.0. The number of ether oxygens (including phenoxy) is 6. The zero-order valence-electron chi connectivity index (χ0n) is 57.8. The molecule has 3 unspecified atom stereocenters. The summed E-state index contributed by atoms with van der Waals surface area (Å²) in [6.07, 6.45) is 38.3. The second-order valence-electron chi connectivity index (χ2n) is 22.8. The van der Waals surface area contributed by atoms with E-state index >= 15 is 0 Å². The van der Waals surface area contributed by atoms with E-state index in [0.29, 0.717) is 71.2 Å². The van der Waals surface area contributed by atoms with E-state index in [1.165, 1.54) is 116 Å². The van der Waals surface area contributed by atoms with Gasteiger partial charge in [-0.15, -0.1) is 0 Å². The van der Waals surface area contributed by atoms with Crippen molar-refractivity contribution in [3.63, 3.8) is 0 Å². The average Bonchev–Trinajstić information content (AvgIpc) is 4.17. The van der Waals surface area contributed by atoms with Crippen LogP contribution in [-0.4, -0.2) is 123 Å². The molecule has 0 radical (unpaired) electrons. The van der Waals surface area contributed by atoms with Crippen LogP contribution >= 0.6 is 0 Å². The van der Waals surface area contributed by atoms with Crippen molar-refractivity contribution in [2.24, 2.45) is 11.8 Å². The second kappa shape index (κ2) is 67.8. The molecule has 1 amide bonds. The van der Waals surface area contributed by atoms with Crippen molar-refractivity contribution in [1.29, 1.82) is 0 Å². The quantitative estimate of drug-likeness (QED) is 0.0319. The van der Waals surface area contributed by atoms with Crippen LogP contribution in [0.3, 0.4) is 0 Å². The topological polar surface area (TPSA) is 181 Å². The third-order valence-electron chi connectivity index (χ3n) is 14.8. The SMILES string of the molecule is CC.CCCC.CCCCCCCCOC(=O)CC.CCCCCCCCOC(=O)CC(C)CC.CCCCCCCCOC(=O)CN(CC(=O)OCCCCCCCC)CC(=O)C1CCC1.CCCOC(=O)N1CC(OC(=O)CC)CC1CC. The maximum Gasteiger partial charge on any atom is 0.410 e. The van der Waals surface area contributed by atoms with Gasteiger partial charge in [-0.2, -0.15) is 0 Å². The molecule has 1 heterocycles. The van der Waals surface area contributed by atoms with Gasteiger partial charge in [-0.05, 0) is 57.3 Å². The van der Waals surface area contributed by atoms with Crippen LogP contribution in [0.5, 0.6) is 0 Å². The Morgan fingerprint density at radius 1 is 0.435 bits per heavy atom. The summed E-state index contributed by atoms with van der Waals surface area (Å²) in [5, 5.41) is 0. The van der Waals surface area contributed by atoms with Crippen LogP contribution in [0.15, 0.2) is 0 Å². The molecule has 0 N–H and O–H groups in total. The largest absolute Gasteiger partial charge is 0.466 e. The number of hydrogen-bond acceptors (Lipinski definition) is 14. The molecule has 0 aromatic heterocycles. The molecule has 0 spiro atoms. The van der Waals surface area contributed by atoms with Gasteiger partial charge in [-0.1, -0.05) is 251 Å². The molecular weight excluding hydrogens is 1080 g/mol. The van der Waals surface area contributed by atoms with Crippen molar-refractivity contribution in [1.82, 2.24) is 9.80 Å². The Balaban J connectivity index is -0.000000529. The number of unbranched alkanes of at least 4 members (excludes halogenated alkanes) is 21. The van der Waals surface area contributed by atoms with E-state index in [1.54, 1.807) is 16.7 Å². The average molecular weight is 1210 g/mol. The Labute approximate surface area is 522 Å². The first-order valence-electron chi connectivity index (χ1n) is 35.1. The molecule has 0 aromatic carbocycles. The molecule has 1 saturated carbocycles. The van der Waals surface area contributed by atoms with E-state index in [4.69, 9.17) is 28.4 Å². The summed E-state index contributed by atoms with van der Waals surface area (Å²) in [6.45, 7) is 31.9. The number of carbonyl (C=O) groups is 7. The van der Waals surface area contributed by atoms with Crippen LogP contribution in [0.4, 0.5) is 4.79 Å². The summed E-state index contributed by atoms with van der Waals surface area (Å²) in [7, 11) is 0. The Hall–Kier alpha value is -3.75. The van der Waals surface area contributed by atoms with Gasteiger partial charge in [0.25, 0.3) is 0 Å². The Morgan fingerprint density at radius 2 is 0.824 bits per heavy atom. The van der Waals surface area contributed by atoms with Gasteiger partial charge >= 0.3 is 35.9 Å². The normalized spacial score (nSPS) is 14.3. The zero-order chi connectivity index (χ0) is 64.6. The lowest BCUT2D eigenvalue weighted by molar-refractivity contribution is -0.150. The van der Waals surface area contributed by atoms with Crippen molar-refractivity contribution in [2.45, 2.75) is 340 Å². The van der Waals surface area contributed by atoms with Crippen LogP contribution in [-0.2, 0) is 57.2 Å². The molecule has 3 atom stereocenters. The van der Waals surface area contributed by atoms with Crippen LogP contribution in [0, 0.1) is 11.8 Å².